The number of thioether (sulfide) groups is 1. The maximum atomic E-state index is 12.2. The maximum absolute atomic E-state index is 12.2. The van der Waals surface area contributed by atoms with Gasteiger partial charge in [0.25, 0.3) is 5.91 Å². The Morgan fingerprint density at radius 3 is 3.10 bits per heavy atom. The number of amides is 1. The van der Waals surface area contributed by atoms with Crippen molar-refractivity contribution in [1.82, 2.24) is 5.32 Å². The number of aliphatic hydroxyl groups is 1. The fourth-order valence-electron chi connectivity index (χ4n) is 2.18. The van der Waals surface area contributed by atoms with E-state index in [-0.39, 0.29) is 12.5 Å². The molecule has 0 bridgehead atoms. The second-order valence-corrected chi connectivity index (χ2v) is 7.56. The normalized spacial score (nSPS) is 17.9. The molecular weight excluding hydrogens is 302 g/mol. The quantitative estimate of drug-likeness (QED) is 0.838. The van der Waals surface area contributed by atoms with E-state index in [1.807, 2.05) is 24.8 Å². The Bertz CT molecular complexity index is 536. The lowest BCUT2D eigenvalue weighted by molar-refractivity contribution is 0.0957. The summed E-state index contributed by atoms with van der Waals surface area (Å²) in [7, 11) is 0. The lowest BCUT2D eigenvalue weighted by atomic mass is 10.2. The predicted octanol–water partition coefficient (Wildman–Crippen LogP) is 2.81. The Balaban J connectivity index is 1.90. The van der Waals surface area contributed by atoms with Crippen LogP contribution in [0.4, 0.5) is 0 Å². The van der Waals surface area contributed by atoms with Crippen LogP contribution in [0.1, 0.15) is 45.8 Å². The third-order valence-corrected chi connectivity index (χ3v) is 5.89. The molecule has 2 rings (SSSR count). The zero-order valence-corrected chi connectivity index (χ0v) is 13.9. The van der Waals surface area contributed by atoms with Gasteiger partial charge in [0.05, 0.1) is 16.4 Å². The first-order valence-corrected chi connectivity index (χ1v) is 9.17. The van der Waals surface area contributed by atoms with Gasteiger partial charge in [0.15, 0.2) is 0 Å². The smallest absolute Gasteiger partial charge is 0.261 e. The van der Waals surface area contributed by atoms with Gasteiger partial charge in [-0.25, -0.2) is 0 Å². The molecular formula is C16H21NO2S2. The van der Waals surface area contributed by atoms with Crippen LogP contribution in [0.15, 0.2) is 6.07 Å². The molecule has 1 aliphatic heterocycles. The van der Waals surface area contributed by atoms with E-state index in [0.717, 1.165) is 21.9 Å². The molecule has 0 saturated carbocycles. The largest absolute Gasteiger partial charge is 0.395 e. The summed E-state index contributed by atoms with van der Waals surface area (Å²) in [5, 5.41) is 12.3. The van der Waals surface area contributed by atoms with Crippen LogP contribution in [0.25, 0.3) is 0 Å². The van der Waals surface area contributed by atoms with Crippen molar-refractivity contribution in [3.05, 3.63) is 21.4 Å². The molecule has 1 amide bonds. The van der Waals surface area contributed by atoms with Crippen molar-refractivity contribution in [2.24, 2.45) is 0 Å². The van der Waals surface area contributed by atoms with Gasteiger partial charge in [-0.1, -0.05) is 18.3 Å². The summed E-state index contributed by atoms with van der Waals surface area (Å²) >= 11 is 3.40. The predicted molar refractivity (Wildman–Crippen MR) is 90.1 cm³/mol. The Kier molecular flexibility index (Phi) is 6.62. The van der Waals surface area contributed by atoms with Crippen LogP contribution in [0.5, 0.6) is 0 Å². The second-order valence-electron chi connectivity index (χ2n) is 5.10. The zero-order valence-electron chi connectivity index (χ0n) is 12.3. The maximum Gasteiger partial charge on any atom is 0.261 e. The van der Waals surface area contributed by atoms with Crippen LogP contribution in [0.2, 0.25) is 0 Å². The number of carbonyl (C=O) groups excluding carboxylic acids is 1. The highest BCUT2D eigenvalue weighted by molar-refractivity contribution is 7.99. The SMILES string of the molecule is Cc1cc(C(=O)NCC2CCCCS2)sc1C#CCCO. The zero-order chi connectivity index (χ0) is 15.1. The van der Waals surface area contributed by atoms with Crippen LogP contribution in [0, 0.1) is 18.8 Å². The molecule has 2 heterocycles. The molecule has 0 aliphatic carbocycles. The van der Waals surface area contributed by atoms with Crippen molar-refractivity contribution in [3.63, 3.8) is 0 Å². The molecule has 21 heavy (non-hydrogen) atoms. The number of carbonyl (C=O) groups is 1. The van der Waals surface area contributed by atoms with Crippen LogP contribution in [0.3, 0.4) is 0 Å². The number of aryl methyl sites for hydroxylation is 1. The van der Waals surface area contributed by atoms with E-state index in [1.165, 1.54) is 36.4 Å². The summed E-state index contributed by atoms with van der Waals surface area (Å²) in [6.45, 7) is 2.79. The number of hydrogen-bond acceptors (Lipinski definition) is 4. The average Bonchev–Trinajstić information content (AvgIpc) is 2.87. The Morgan fingerprint density at radius 2 is 2.38 bits per heavy atom. The molecule has 2 N–H and O–H groups in total. The number of nitrogens with one attached hydrogen (secondary N) is 1. The van der Waals surface area contributed by atoms with E-state index in [9.17, 15) is 4.79 Å². The fraction of sp³-hybridized carbons (Fsp3) is 0.562. The van der Waals surface area contributed by atoms with Crippen molar-refractivity contribution < 1.29 is 9.90 Å². The van der Waals surface area contributed by atoms with Crippen molar-refractivity contribution >= 4 is 29.0 Å². The molecule has 1 unspecified atom stereocenters. The van der Waals surface area contributed by atoms with Crippen LogP contribution >= 0.6 is 23.1 Å². The van der Waals surface area contributed by atoms with Gasteiger partial charge in [-0.15, -0.1) is 11.3 Å². The number of hydrogen-bond donors (Lipinski definition) is 2. The van der Waals surface area contributed by atoms with Crippen LogP contribution < -0.4 is 5.32 Å². The minimum absolute atomic E-state index is 0.00415. The molecule has 1 aliphatic rings. The van der Waals surface area contributed by atoms with Gasteiger partial charge in [0, 0.05) is 18.2 Å². The summed E-state index contributed by atoms with van der Waals surface area (Å²) < 4.78 is 0. The molecule has 1 aromatic heterocycles. The molecule has 1 saturated heterocycles. The van der Waals surface area contributed by atoms with Crippen molar-refractivity contribution in [1.29, 1.82) is 0 Å². The van der Waals surface area contributed by atoms with Gasteiger partial charge in [-0.2, -0.15) is 11.8 Å². The van der Waals surface area contributed by atoms with Crippen molar-refractivity contribution in [2.75, 3.05) is 18.9 Å². The summed E-state index contributed by atoms with van der Waals surface area (Å²) in [5.41, 5.74) is 1.03. The average molecular weight is 323 g/mol. The number of thiophene rings is 1. The highest BCUT2D eigenvalue weighted by Crippen LogP contribution is 2.25. The molecule has 0 spiro atoms. The van der Waals surface area contributed by atoms with Gasteiger partial charge >= 0.3 is 0 Å². The highest BCUT2D eigenvalue weighted by atomic mass is 32.2. The Labute approximate surface area is 134 Å². The minimum Gasteiger partial charge on any atom is -0.395 e. The monoisotopic (exact) mass is 323 g/mol. The van der Waals surface area contributed by atoms with E-state index in [2.05, 4.69) is 17.2 Å². The molecule has 0 aromatic carbocycles. The molecule has 0 radical (unpaired) electrons. The first-order chi connectivity index (χ1) is 10.2. The molecule has 1 atom stereocenters. The second kappa shape index (κ2) is 8.47. The molecule has 114 valence electrons. The standard InChI is InChI=1S/C16H21NO2S2/c1-12-10-15(21-14(12)7-2-4-8-18)16(19)17-11-13-6-3-5-9-20-13/h10,13,18H,3-6,8-9,11H2,1H3,(H,17,19). The first-order valence-electron chi connectivity index (χ1n) is 7.30. The topological polar surface area (TPSA) is 49.3 Å². The summed E-state index contributed by atoms with van der Waals surface area (Å²) in [5.74, 6) is 7.14. The molecule has 1 fully saturated rings. The van der Waals surface area contributed by atoms with Gasteiger partial charge < -0.3 is 10.4 Å². The third kappa shape index (κ3) is 5.06. The van der Waals surface area contributed by atoms with Crippen LogP contribution in [-0.2, 0) is 0 Å². The first kappa shape index (κ1) is 16.4. The van der Waals surface area contributed by atoms with E-state index in [1.54, 1.807) is 0 Å². The minimum atomic E-state index is 0.00415. The van der Waals surface area contributed by atoms with Gasteiger partial charge in [-0.3, -0.25) is 4.79 Å². The van der Waals surface area contributed by atoms with Crippen molar-refractivity contribution in [3.8, 4) is 11.8 Å². The third-order valence-electron chi connectivity index (χ3n) is 3.34. The lowest BCUT2D eigenvalue weighted by Gasteiger charge is -2.21. The number of aliphatic hydroxyl groups excluding tert-OH is 1. The van der Waals surface area contributed by atoms with E-state index >= 15 is 0 Å². The van der Waals surface area contributed by atoms with Crippen LogP contribution in [-0.4, -0.2) is 35.2 Å². The molecule has 1 aromatic rings. The Hall–Kier alpha value is -0.960. The lowest BCUT2D eigenvalue weighted by Crippen LogP contribution is -2.31. The van der Waals surface area contributed by atoms with E-state index in [4.69, 9.17) is 5.11 Å². The van der Waals surface area contributed by atoms with Gasteiger partial charge in [0.1, 0.15) is 0 Å². The molecule has 5 heteroatoms. The summed E-state index contributed by atoms with van der Waals surface area (Å²) in [6, 6.07) is 1.90. The Morgan fingerprint density at radius 1 is 1.52 bits per heavy atom. The highest BCUT2D eigenvalue weighted by Gasteiger charge is 2.16. The fourth-order valence-corrected chi connectivity index (χ4v) is 4.38. The van der Waals surface area contributed by atoms with E-state index in [0.29, 0.717) is 11.7 Å². The summed E-state index contributed by atoms with van der Waals surface area (Å²) in [6.07, 6.45) is 4.25. The number of rotatable bonds is 4. The van der Waals surface area contributed by atoms with Gasteiger partial charge in [-0.05, 0) is 37.1 Å². The van der Waals surface area contributed by atoms with Gasteiger partial charge in [0.2, 0.25) is 0 Å². The van der Waals surface area contributed by atoms with E-state index < -0.39 is 0 Å². The van der Waals surface area contributed by atoms with Crippen molar-refractivity contribution in [2.45, 2.75) is 37.9 Å². The summed E-state index contributed by atoms with van der Waals surface area (Å²) in [4.78, 5) is 13.8. The molecule has 3 nitrogen and oxygen atoms in total.